The lowest BCUT2D eigenvalue weighted by atomic mass is 10.2. The molecule has 0 aliphatic heterocycles. The summed E-state index contributed by atoms with van der Waals surface area (Å²) in [6.45, 7) is 0. The fourth-order valence-electron chi connectivity index (χ4n) is 1.13. The van der Waals surface area contributed by atoms with E-state index in [1.807, 2.05) is 0 Å². The zero-order chi connectivity index (χ0) is 10.7. The molecule has 15 heavy (non-hydrogen) atoms. The van der Waals surface area contributed by atoms with E-state index in [1.54, 1.807) is 36.7 Å². The molecule has 5 heteroatoms. The minimum Gasteiger partial charge on any atom is -0.478 e. The molecule has 0 fully saturated rings. The van der Waals surface area contributed by atoms with Crippen LogP contribution < -0.4 is 4.84 Å². The molecule has 1 aromatic heterocycles. The lowest BCUT2D eigenvalue weighted by molar-refractivity contribution is 0.0686. The van der Waals surface area contributed by atoms with E-state index in [9.17, 15) is 4.79 Å². The highest BCUT2D eigenvalue weighted by molar-refractivity contribution is 5.90. The molecule has 1 N–H and O–H groups in total. The topological polar surface area (TPSA) is 64.3 Å². The van der Waals surface area contributed by atoms with Crippen LogP contribution in [0.3, 0.4) is 0 Å². The van der Waals surface area contributed by atoms with E-state index >= 15 is 0 Å². The fourth-order valence-corrected chi connectivity index (χ4v) is 1.13. The van der Waals surface area contributed by atoms with Gasteiger partial charge in [0.2, 0.25) is 0 Å². The molecule has 2 rings (SSSR count). The molecule has 0 amide bonds. The van der Waals surface area contributed by atoms with E-state index in [2.05, 4.69) is 5.10 Å². The molecule has 2 aromatic rings. The predicted octanol–water partition coefficient (Wildman–Crippen LogP) is 1.42. The first-order valence-corrected chi connectivity index (χ1v) is 4.27. The number of hydrogen-bond donors (Lipinski definition) is 1. The van der Waals surface area contributed by atoms with Crippen LogP contribution in [0.25, 0.3) is 0 Å². The highest BCUT2D eigenvalue weighted by atomic mass is 16.7. The van der Waals surface area contributed by atoms with Crippen molar-refractivity contribution in [2.75, 3.05) is 0 Å². The molecule has 0 radical (unpaired) electrons. The number of nitrogens with zero attached hydrogens (tertiary/aromatic N) is 2. The maximum Gasteiger partial charge on any atom is 0.339 e. The van der Waals surface area contributed by atoms with Crippen molar-refractivity contribution in [1.29, 1.82) is 0 Å². The summed E-state index contributed by atoms with van der Waals surface area (Å²) in [5, 5.41) is 12.7. The van der Waals surface area contributed by atoms with Crippen molar-refractivity contribution >= 4 is 5.97 Å². The summed E-state index contributed by atoms with van der Waals surface area (Å²) in [6, 6.07) is 8.07. The molecule has 0 aliphatic carbocycles. The Morgan fingerprint density at radius 3 is 2.80 bits per heavy atom. The first kappa shape index (κ1) is 9.26. The summed E-state index contributed by atoms with van der Waals surface area (Å²) in [6.07, 6.45) is 3.13. The van der Waals surface area contributed by atoms with Gasteiger partial charge in [0.15, 0.2) is 5.75 Å². The van der Waals surface area contributed by atoms with Crippen LogP contribution in [0, 0.1) is 0 Å². The Labute approximate surface area is 85.5 Å². The Hall–Kier alpha value is -2.30. The molecule has 0 spiro atoms. The number of para-hydroxylation sites is 1. The molecule has 1 aromatic carbocycles. The summed E-state index contributed by atoms with van der Waals surface area (Å²) in [5.41, 5.74) is 0.105. The Balaban J connectivity index is 2.32. The lowest BCUT2D eigenvalue weighted by Gasteiger charge is -2.06. The third-order valence-corrected chi connectivity index (χ3v) is 1.79. The number of carbonyl (C=O) groups is 1. The number of aromatic nitrogens is 2. The van der Waals surface area contributed by atoms with E-state index in [-0.39, 0.29) is 11.3 Å². The van der Waals surface area contributed by atoms with Gasteiger partial charge in [-0.3, -0.25) is 0 Å². The van der Waals surface area contributed by atoms with Crippen molar-refractivity contribution < 1.29 is 14.7 Å². The standard InChI is InChI=1S/C10H8N2O3/c13-10(14)8-4-1-2-5-9(8)15-12-7-3-6-11-12/h1-7H,(H,13,14). The molecular weight excluding hydrogens is 196 g/mol. The predicted molar refractivity (Wildman–Crippen MR) is 51.7 cm³/mol. The summed E-state index contributed by atoms with van der Waals surface area (Å²) in [4.78, 5) is 17.3. The van der Waals surface area contributed by atoms with Crippen LogP contribution in [0.2, 0.25) is 0 Å². The Morgan fingerprint density at radius 1 is 1.33 bits per heavy atom. The van der Waals surface area contributed by atoms with Crippen LogP contribution >= 0.6 is 0 Å². The van der Waals surface area contributed by atoms with Gasteiger partial charge in [0.1, 0.15) is 5.56 Å². The number of aromatic carboxylic acids is 1. The van der Waals surface area contributed by atoms with Gasteiger partial charge in [-0.25, -0.2) is 4.79 Å². The second-order valence-electron chi connectivity index (χ2n) is 2.80. The third kappa shape index (κ3) is 1.96. The van der Waals surface area contributed by atoms with E-state index in [0.717, 1.165) is 0 Å². The Morgan fingerprint density at radius 2 is 2.13 bits per heavy atom. The van der Waals surface area contributed by atoms with Crippen LogP contribution in [0.5, 0.6) is 5.75 Å². The fraction of sp³-hybridized carbons (Fsp3) is 0. The van der Waals surface area contributed by atoms with Crippen molar-refractivity contribution in [1.82, 2.24) is 9.94 Å². The van der Waals surface area contributed by atoms with E-state index in [4.69, 9.17) is 9.94 Å². The molecule has 0 aliphatic rings. The number of rotatable bonds is 3. The van der Waals surface area contributed by atoms with Gasteiger partial charge in [0, 0.05) is 0 Å². The van der Waals surface area contributed by atoms with Gasteiger partial charge < -0.3 is 9.94 Å². The van der Waals surface area contributed by atoms with E-state index in [1.165, 1.54) is 10.9 Å². The molecule has 1 heterocycles. The van der Waals surface area contributed by atoms with Crippen molar-refractivity contribution in [2.45, 2.75) is 0 Å². The summed E-state index contributed by atoms with van der Waals surface area (Å²) in [5.74, 6) is -0.772. The monoisotopic (exact) mass is 204 g/mol. The minimum atomic E-state index is -1.03. The number of benzene rings is 1. The number of carboxylic acids is 1. The molecule has 76 valence electrons. The SMILES string of the molecule is O=C(O)c1ccccc1On1cccn1. The van der Waals surface area contributed by atoms with Gasteiger partial charge >= 0.3 is 5.97 Å². The smallest absolute Gasteiger partial charge is 0.339 e. The maximum atomic E-state index is 10.8. The average molecular weight is 204 g/mol. The first-order valence-electron chi connectivity index (χ1n) is 4.27. The molecule has 0 saturated carbocycles. The van der Waals surface area contributed by atoms with Crippen molar-refractivity contribution in [3.63, 3.8) is 0 Å². The van der Waals surface area contributed by atoms with Gasteiger partial charge in [0.05, 0.1) is 12.4 Å². The van der Waals surface area contributed by atoms with Gasteiger partial charge in [-0.2, -0.15) is 0 Å². The molecule has 0 unspecified atom stereocenters. The van der Waals surface area contributed by atoms with Crippen LogP contribution in [0.4, 0.5) is 0 Å². The summed E-state index contributed by atoms with van der Waals surface area (Å²) >= 11 is 0. The lowest BCUT2D eigenvalue weighted by Crippen LogP contribution is -2.09. The first-order chi connectivity index (χ1) is 7.27. The second-order valence-corrected chi connectivity index (χ2v) is 2.80. The molecule has 0 atom stereocenters. The van der Waals surface area contributed by atoms with E-state index in [0.29, 0.717) is 0 Å². The van der Waals surface area contributed by atoms with Crippen LogP contribution in [0.15, 0.2) is 42.7 Å². The summed E-state index contributed by atoms with van der Waals surface area (Å²) in [7, 11) is 0. The van der Waals surface area contributed by atoms with Gasteiger partial charge in [-0.05, 0) is 18.2 Å². The highest BCUT2D eigenvalue weighted by Crippen LogP contribution is 2.17. The van der Waals surface area contributed by atoms with Crippen LogP contribution in [-0.4, -0.2) is 21.0 Å². The normalized spacial score (nSPS) is 9.87. The maximum absolute atomic E-state index is 10.8. The molecular formula is C10H8N2O3. The highest BCUT2D eigenvalue weighted by Gasteiger charge is 2.10. The van der Waals surface area contributed by atoms with Crippen molar-refractivity contribution in [3.05, 3.63) is 48.3 Å². The Bertz CT molecular complexity index is 465. The summed E-state index contributed by atoms with van der Waals surface area (Å²) < 4.78 is 0. The minimum absolute atomic E-state index is 0.105. The quantitative estimate of drug-likeness (QED) is 0.821. The molecule has 5 nitrogen and oxygen atoms in total. The van der Waals surface area contributed by atoms with E-state index < -0.39 is 5.97 Å². The number of carboxylic acid groups (broad SMARTS) is 1. The molecule has 0 saturated heterocycles. The second kappa shape index (κ2) is 3.83. The zero-order valence-electron chi connectivity index (χ0n) is 7.70. The van der Waals surface area contributed by atoms with Gasteiger partial charge in [-0.1, -0.05) is 12.1 Å². The van der Waals surface area contributed by atoms with Gasteiger partial charge in [-0.15, -0.1) is 9.94 Å². The molecule has 0 bridgehead atoms. The third-order valence-electron chi connectivity index (χ3n) is 1.79. The van der Waals surface area contributed by atoms with Crippen LogP contribution in [-0.2, 0) is 0 Å². The Kier molecular flexibility index (Phi) is 2.37. The largest absolute Gasteiger partial charge is 0.478 e. The number of hydrogen-bond acceptors (Lipinski definition) is 3. The zero-order valence-corrected chi connectivity index (χ0v) is 7.70. The van der Waals surface area contributed by atoms with Gasteiger partial charge in [0.25, 0.3) is 0 Å². The van der Waals surface area contributed by atoms with Crippen LogP contribution in [0.1, 0.15) is 10.4 Å². The average Bonchev–Trinajstić information content (AvgIpc) is 2.71. The van der Waals surface area contributed by atoms with Crippen molar-refractivity contribution in [2.24, 2.45) is 0 Å². The van der Waals surface area contributed by atoms with Crippen molar-refractivity contribution in [3.8, 4) is 5.75 Å².